The normalized spacial score (nSPS) is 13.8. The number of nitrogens with zero attached hydrogens (tertiary/aromatic N) is 1. The molecule has 0 bridgehead atoms. The molecule has 5 heteroatoms. The average molecular weight is 249 g/mol. The van der Waals surface area contributed by atoms with Gasteiger partial charge in [0.15, 0.2) is 0 Å². The lowest BCUT2D eigenvalue weighted by Gasteiger charge is -2.21. The Hall–Kier alpha value is -1.90. The van der Waals surface area contributed by atoms with Crippen molar-refractivity contribution >= 4 is 11.5 Å². The van der Waals surface area contributed by atoms with E-state index in [1.54, 1.807) is 16.8 Å². The summed E-state index contributed by atoms with van der Waals surface area (Å²) in [4.78, 5) is 0. The first-order valence-corrected chi connectivity index (χ1v) is 5.62. The summed E-state index contributed by atoms with van der Waals surface area (Å²) in [6, 6.07) is 1.77. The Labute approximate surface area is 107 Å². The van der Waals surface area contributed by atoms with E-state index in [0.29, 0.717) is 23.5 Å². The molecular weight excluding hydrogens is 230 g/mol. The van der Waals surface area contributed by atoms with Crippen LogP contribution in [0.4, 0.5) is 5.82 Å². The van der Waals surface area contributed by atoms with E-state index in [0.717, 1.165) is 0 Å². The summed E-state index contributed by atoms with van der Waals surface area (Å²) >= 11 is 0. The number of terminal acetylenes is 1. The molecule has 1 rings (SSSR count). The predicted molar refractivity (Wildman–Crippen MR) is 72.2 cm³/mol. The van der Waals surface area contributed by atoms with Gasteiger partial charge in [-0.2, -0.15) is 0 Å². The number of hydrogen-bond acceptors (Lipinski definition) is 4. The summed E-state index contributed by atoms with van der Waals surface area (Å²) in [6.45, 7) is 5.33. The fraction of sp³-hybridized carbons (Fsp3) is 0.385. The van der Waals surface area contributed by atoms with Crippen molar-refractivity contribution in [2.45, 2.75) is 25.7 Å². The third kappa shape index (κ3) is 3.06. The van der Waals surface area contributed by atoms with Crippen molar-refractivity contribution in [1.82, 2.24) is 4.57 Å². The van der Waals surface area contributed by atoms with Crippen molar-refractivity contribution in [3.63, 3.8) is 0 Å². The highest BCUT2D eigenvalue weighted by Gasteiger charge is 2.16. The minimum atomic E-state index is -0.406. The molecule has 1 heterocycles. The van der Waals surface area contributed by atoms with E-state index in [4.69, 9.17) is 27.7 Å². The number of ether oxygens (including phenoxy) is 1. The highest BCUT2D eigenvalue weighted by Crippen LogP contribution is 2.24. The van der Waals surface area contributed by atoms with Crippen LogP contribution >= 0.6 is 0 Å². The third-order valence-electron chi connectivity index (χ3n) is 2.63. The zero-order valence-electron chi connectivity index (χ0n) is 10.5. The van der Waals surface area contributed by atoms with Crippen molar-refractivity contribution in [2.75, 3.05) is 12.3 Å². The lowest BCUT2D eigenvalue weighted by atomic mass is 10.2. The van der Waals surface area contributed by atoms with E-state index in [1.165, 1.54) is 0 Å². The Balaban J connectivity index is 2.81. The molecule has 1 aromatic heterocycles. The minimum absolute atomic E-state index is 0.133. The zero-order chi connectivity index (χ0) is 13.7. The zero-order valence-corrected chi connectivity index (χ0v) is 10.5. The molecule has 0 spiro atoms. The van der Waals surface area contributed by atoms with Gasteiger partial charge in [-0.1, -0.05) is 6.58 Å². The molecule has 0 aliphatic rings. The van der Waals surface area contributed by atoms with Crippen LogP contribution in [0.2, 0.25) is 0 Å². The molecule has 0 amide bonds. The Morgan fingerprint density at radius 3 is 2.83 bits per heavy atom. The van der Waals surface area contributed by atoms with Crippen molar-refractivity contribution in [2.24, 2.45) is 5.73 Å². The van der Waals surface area contributed by atoms with E-state index >= 15 is 0 Å². The molecule has 18 heavy (non-hydrogen) atoms. The molecule has 98 valence electrons. The number of hydrogen-bond donors (Lipinski definition) is 3. The van der Waals surface area contributed by atoms with E-state index in [1.807, 2.05) is 6.92 Å². The smallest absolute Gasteiger partial charge is 0.132 e. The number of aliphatic hydroxyl groups excluding tert-OH is 1. The summed E-state index contributed by atoms with van der Waals surface area (Å²) in [5.74, 6) is 2.93. The number of aliphatic hydroxyl groups is 1. The van der Waals surface area contributed by atoms with Crippen LogP contribution in [0.15, 0.2) is 18.8 Å². The van der Waals surface area contributed by atoms with Gasteiger partial charge in [-0.3, -0.25) is 0 Å². The van der Waals surface area contributed by atoms with Crippen molar-refractivity contribution in [1.29, 1.82) is 0 Å². The Morgan fingerprint density at radius 1 is 1.72 bits per heavy atom. The van der Waals surface area contributed by atoms with Crippen LogP contribution in [-0.4, -0.2) is 22.4 Å². The van der Waals surface area contributed by atoms with E-state index < -0.39 is 6.10 Å². The first-order valence-electron chi connectivity index (χ1n) is 5.62. The maximum Gasteiger partial charge on any atom is 0.132 e. The van der Waals surface area contributed by atoms with Gasteiger partial charge < -0.3 is 25.9 Å². The van der Waals surface area contributed by atoms with Crippen LogP contribution in [0, 0.1) is 12.3 Å². The van der Waals surface area contributed by atoms with Gasteiger partial charge >= 0.3 is 0 Å². The quantitative estimate of drug-likeness (QED) is 0.654. The standard InChI is InChI=1S/C13H19N3O2/c1-4-5-11(8-17)18-10(3)16-7-6-12(9(2)14)13(16)15/h1,6-7,10-11,17H,2,5,8,14-15H2,3H3/t10-,11+/m1/s1. The van der Waals surface area contributed by atoms with Gasteiger partial charge in [-0.15, -0.1) is 12.3 Å². The Kier molecular flexibility index (Phi) is 4.84. The van der Waals surface area contributed by atoms with Gasteiger partial charge in [0.25, 0.3) is 0 Å². The average Bonchev–Trinajstić information content (AvgIpc) is 2.70. The van der Waals surface area contributed by atoms with Crippen molar-refractivity contribution < 1.29 is 9.84 Å². The SMILES string of the molecule is C#CC[C@@H](CO)O[C@H](C)n1ccc(C(=C)N)c1N. The first-order chi connectivity index (χ1) is 8.51. The number of aromatic nitrogens is 1. The minimum Gasteiger partial charge on any atom is -0.399 e. The second-order valence-electron chi connectivity index (χ2n) is 4.00. The van der Waals surface area contributed by atoms with Gasteiger partial charge in [-0.05, 0) is 13.0 Å². The van der Waals surface area contributed by atoms with Crippen molar-refractivity contribution in [3.05, 3.63) is 24.4 Å². The van der Waals surface area contributed by atoms with Crippen molar-refractivity contribution in [3.8, 4) is 12.3 Å². The highest BCUT2D eigenvalue weighted by molar-refractivity contribution is 5.70. The molecule has 0 aromatic carbocycles. The maximum absolute atomic E-state index is 9.12. The van der Waals surface area contributed by atoms with E-state index in [9.17, 15) is 0 Å². The van der Waals surface area contributed by atoms with Crippen LogP contribution in [0.25, 0.3) is 5.70 Å². The number of rotatable bonds is 6. The Morgan fingerprint density at radius 2 is 2.39 bits per heavy atom. The predicted octanol–water partition coefficient (Wildman–Crippen LogP) is 0.919. The summed E-state index contributed by atoms with van der Waals surface area (Å²) in [5, 5.41) is 9.12. The molecule has 0 radical (unpaired) electrons. The van der Waals surface area contributed by atoms with E-state index in [-0.39, 0.29) is 12.8 Å². The molecule has 5 N–H and O–H groups in total. The highest BCUT2D eigenvalue weighted by atomic mass is 16.5. The second-order valence-corrected chi connectivity index (χ2v) is 4.00. The summed E-state index contributed by atoms with van der Waals surface area (Å²) < 4.78 is 7.33. The fourth-order valence-corrected chi connectivity index (χ4v) is 1.68. The molecule has 5 nitrogen and oxygen atoms in total. The lowest BCUT2D eigenvalue weighted by Crippen LogP contribution is -2.22. The van der Waals surface area contributed by atoms with Gasteiger partial charge in [0.2, 0.25) is 0 Å². The topological polar surface area (TPSA) is 86.4 Å². The lowest BCUT2D eigenvalue weighted by molar-refractivity contribution is -0.0612. The molecule has 0 fully saturated rings. The third-order valence-corrected chi connectivity index (χ3v) is 2.63. The summed E-state index contributed by atoms with van der Waals surface area (Å²) in [7, 11) is 0. The summed E-state index contributed by atoms with van der Waals surface area (Å²) in [5.41, 5.74) is 12.6. The largest absolute Gasteiger partial charge is 0.399 e. The van der Waals surface area contributed by atoms with Gasteiger partial charge in [-0.25, -0.2) is 0 Å². The van der Waals surface area contributed by atoms with Crippen LogP contribution in [0.5, 0.6) is 0 Å². The Bertz CT molecular complexity index is 459. The van der Waals surface area contributed by atoms with Crippen LogP contribution in [0.3, 0.4) is 0 Å². The maximum atomic E-state index is 9.12. The van der Waals surface area contributed by atoms with Gasteiger partial charge in [0, 0.05) is 23.9 Å². The molecule has 1 aromatic rings. The molecular formula is C13H19N3O2. The summed E-state index contributed by atoms with van der Waals surface area (Å²) in [6.07, 6.45) is 6.55. The van der Waals surface area contributed by atoms with E-state index in [2.05, 4.69) is 12.5 Å². The molecule has 0 aliphatic carbocycles. The number of nitrogens with two attached hydrogens (primary N) is 2. The second kappa shape index (κ2) is 6.15. The number of nitrogen functional groups attached to an aromatic ring is 1. The fourth-order valence-electron chi connectivity index (χ4n) is 1.68. The van der Waals surface area contributed by atoms with Crippen LogP contribution in [0.1, 0.15) is 25.1 Å². The van der Waals surface area contributed by atoms with Gasteiger partial charge in [0.1, 0.15) is 12.0 Å². The molecule has 0 aliphatic heterocycles. The molecule has 0 saturated carbocycles. The van der Waals surface area contributed by atoms with Crippen LogP contribution < -0.4 is 11.5 Å². The number of anilines is 1. The molecule has 2 atom stereocenters. The van der Waals surface area contributed by atoms with Crippen LogP contribution in [-0.2, 0) is 4.74 Å². The molecule has 0 unspecified atom stereocenters. The monoisotopic (exact) mass is 249 g/mol. The molecule has 0 saturated heterocycles. The first kappa shape index (κ1) is 14.2. The van der Waals surface area contributed by atoms with Gasteiger partial charge in [0.05, 0.1) is 12.7 Å².